The van der Waals surface area contributed by atoms with Crippen molar-refractivity contribution in [2.24, 2.45) is 0 Å². The molecule has 0 aliphatic rings. The van der Waals surface area contributed by atoms with Crippen LogP contribution in [0, 0.1) is 0 Å². The highest BCUT2D eigenvalue weighted by Crippen LogP contribution is 2.37. The van der Waals surface area contributed by atoms with Gasteiger partial charge in [0.05, 0.1) is 0 Å². The number of halogens is 1. The number of thioether (sulfide) groups is 1. The standard InChI is InChI=1S/C20H21ClN4OS/c1-4-25-18(15-10-12-16(21)13-11-15)22-23-20(25)27-17(19(26)24(2)3)14-8-6-5-7-9-14/h5-13,17H,4H2,1-3H3. The van der Waals surface area contributed by atoms with Crippen molar-refractivity contribution in [2.45, 2.75) is 23.9 Å². The van der Waals surface area contributed by atoms with E-state index < -0.39 is 0 Å². The lowest BCUT2D eigenvalue weighted by molar-refractivity contribution is -0.128. The molecule has 1 aromatic heterocycles. The Kier molecular flexibility index (Phi) is 6.19. The quantitative estimate of drug-likeness (QED) is 0.570. The fourth-order valence-corrected chi connectivity index (χ4v) is 4.07. The maximum absolute atomic E-state index is 12.8. The van der Waals surface area contributed by atoms with Crippen LogP contribution < -0.4 is 0 Å². The van der Waals surface area contributed by atoms with Crippen molar-refractivity contribution in [1.29, 1.82) is 0 Å². The van der Waals surface area contributed by atoms with E-state index in [1.807, 2.05) is 66.1 Å². The summed E-state index contributed by atoms with van der Waals surface area (Å²) in [5.41, 5.74) is 1.88. The third-order valence-electron chi connectivity index (χ3n) is 4.13. The highest BCUT2D eigenvalue weighted by molar-refractivity contribution is 8.00. The number of rotatable bonds is 6. The van der Waals surface area contributed by atoms with Crippen LogP contribution in [0.25, 0.3) is 11.4 Å². The van der Waals surface area contributed by atoms with Crippen molar-refractivity contribution in [2.75, 3.05) is 14.1 Å². The van der Waals surface area contributed by atoms with Gasteiger partial charge in [-0.05, 0) is 36.8 Å². The molecule has 0 fully saturated rings. The summed E-state index contributed by atoms with van der Waals surface area (Å²) < 4.78 is 2.02. The molecule has 0 N–H and O–H groups in total. The minimum atomic E-state index is -0.381. The maximum atomic E-state index is 12.8. The van der Waals surface area contributed by atoms with Gasteiger partial charge in [0, 0.05) is 31.2 Å². The van der Waals surface area contributed by atoms with Crippen LogP contribution in [0.4, 0.5) is 0 Å². The van der Waals surface area contributed by atoms with Gasteiger partial charge in [-0.25, -0.2) is 0 Å². The van der Waals surface area contributed by atoms with Gasteiger partial charge in [-0.2, -0.15) is 0 Å². The molecule has 0 saturated carbocycles. The Morgan fingerprint density at radius 2 is 1.78 bits per heavy atom. The van der Waals surface area contributed by atoms with Crippen LogP contribution >= 0.6 is 23.4 Å². The molecule has 5 nitrogen and oxygen atoms in total. The number of benzene rings is 2. The van der Waals surface area contributed by atoms with Gasteiger partial charge in [0.25, 0.3) is 0 Å². The van der Waals surface area contributed by atoms with Gasteiger partial charge in [0.1, 0.15) is 5.25 Å². The molecule has 0 saturated heterocycles. The number of carbonyl (C=O) groups excluding carboxylic acids is 1. The largest absolute Gasteiger partial charge is 0.348 e. The van der Waals surface area contributed by atoms with Crippen molar-refractivity contribution < 1.29 is 4.79 Å². The van der Waals surface area contributed by atoms with Crippen molar-refractivity contribution in [3.05, 3.63) is 65.2 Å². The first-order valence-electron chi connectivity index (χ1n) is 8.63. The van der Waals surface area contributed by atoms with Gasteiger partial charge in [0.15, 0.2) is 11.0 Å². The van der Waals surface area contributed by atoms with Crippen LogP contribution in [0.3, 0.4) is 0 Å². The molecule has 140 valence electrons. The van der Waals surface area contributed by atoms with Crippen LogP contribution in [-0.4, -0.2) is 39.7 Å². The van der Waals surface area contributed by atoms with Crippen LogP contribution in [0.5, 0.6) is 0 Å². The smallest absolute Gasteiger partial charge is 0.240 e. The molecule has 0 spiro atoms. The first-order valence-corrected chi connectivity index (χ1v) is 9.89. The highest BCUT2D eigenvalue weighted by atomic mass is 35.5. The van der Waals surface area contributed by atoms with E-state index in [-0.39, 0.29) is 11.2 Å². The van der Waals surface area contributed by atoms with Gasteiger partial charge in [0.2, 0.25) is 5.91 Å². The summed E-state index contributed by atoms with van der Waals surface area (Å²) >= 11 is 7.41. The molecule has 0 radical (unpaired) electrons. The molecule has 2 aromatic carbocycles. The van der Waals surface area contributed by atoms with Crippen LogP contribution in [-0.2, 0) is 11.3 Å². The molecular formula is C20H21ClN4OS. The lowest BCUT2D eigenvalue weighted by Gasteiger charge is -2.20. The van der Waals surface area contributed by atoms with E-state index >= 15 is 0 Å². The van der Waals surface area contributed by atoms with Gasteiger partial charge < -0.3 is 9.47 Å². The monoisotopic (exact) mass is 400 g/mol. The Morgan fingerprint density at radius 1 is 1.11 bits per heavy atom. The molecule has 1 amide bonds. The Bertz CT molecular complexity index is 909. The first kappa shape index (κ1) is 19.5. The average molecular weight is 401 g/mol. The number of carbonyl (C=O) groups is 1. The zero-order chi connectivity index (χ0) is 19.4. The lowest BCUT2D eigenvalue weighted by Crippen LogP contribution is -2.27. The van der Waals surface area contributed by atoms with Crippen molar-refractivity contribution in [1.82, 2.24) is 19.7 Å². The van der Waals surface area contributed by atoms with Gasteiger partial charge in [-0.1, -0.05) is 53.7 Å². The molecule has 1 atom stereocenters. The van der Waals surface area contributed by atoms with Gasteiger partial charge >= 0.3 is 0 Å². The van der Waals surface area contributed by atoms with Crippen molar-refractivity contribution >= 4 is 29.3 Å². The van der Waals surface area contributed by atoms with E-state index in [1.165, 1.54) is 11.8 Å². The van der Waals surface area contributed by atoms with Crippen molar-refractivity contribution in [3.63, 3.8) is 0 Å². The second-order valence-electron chi connectivity index (χ2n) is 6.20. The predicted octanol–water partition coefficient (Wildman–Crippen LogP) is 4.54. The zero-order valence-electron chi connectivity index (χ0n) is 15.5. The number of aromatic nitrogens is 3. The van der Waals surface area contributed by atoms with Gasteiger partial charge in [-0.15, -0.1) is 10.2 Å². The van der Waals surface area contributed by atoms with E-state index in [4.69, 9.17) is 11.6 Å². The predicted molar refractivity (Wildman–Crippen MR) is 110 cm³/mol. The third kappa shape index (κ3) is 4.34. The highest BCUT2D eigenvalue weighted by Gasteiger charge is 2.26. The molecule has 3 rings (SSSR count). The number of amides is 1. The molecule has 1 heterocycles. The summed E-state index contributed by atoms with van der Waals surface area (Å²) in [5, 5.41) is 9.74. The maximum Gasteiger partial charge on any atom is 0.240 e. The Balaban J connectivity index is 1.97. The van der Waals surface area contributed by atoms with Crippen LogP contribution in [0.15, 0.2) is 59.8 Å². The van der Waals surface area contributed by atoms with Crippen LogP contribution in [0.2, 0.25) is 5.02 Å². The molecule has 1 unspecified atom stereocenters. The summed E-state index contributed by atoms with van der Waals surface area (Å²) in [6, 6.07) is 17.3. The van der Waals surface area contributed by atoms with E-state index in [0.717, 1.165) is 17.0 Å². The number of hydrogen-bond acceptors (Lipinski definition) is 4. The topological polar surface area (TPSA) is 51.0 Å². The van der Waals surface area contributed by atoms with E-state index in [0.29, 0.717) is 16.7 Å². The minimum Gasteiger partial charge on any atom is -0.348 e. The number of hydrogen-bond donors (Lipinski definition) is 0. The first-order chi connectivity index (χ1) is 13.0. The summed E-state index contributed by atoms with van der Waals surface area (Å²) in [6.45, 7) is 2.74. The summed E-state index contributed by atoms with van der Waals surface area (Å²) in [4.78, 5) is 14.4. The zero-order valence-corrected chi connectivity index (χ0v) is 17.0. The Hall–Kier alpha value is -2.31. The molecular weight excluding hydrogens is 380 g/mol. The molecule has 0 aliphatic carbocycles. The minimum absolute atomic E-state index is 0.0184. The van der Waals surface area contributed by atoms with E-state index in [9.17, 15) is 4.79 Å². The molecule has 7 heteroatoms. The summed E-state index contributed by atoms with van der Waals surface area (Å²) in [6.07, 6.45) is 0. The third-order valence-corrected chi connectivity index (χ3v) is 5.60. The summed E-state index contributed by atoms with van der Waals surface area (Å²) in [5.74, 6) is 0.783. The molecule has 3 aromatic rings. The second-order valence-corrected chi connectivity index (χ2v) is 7.71. The summed E-state index contributed by atoms with van der Waals surface area (Å²) in [7, 11) is 3.53. The number of likely N-dealkylation sites (N-methyl/N-ethyl adjacent to an activating group) is 1. The van der Waals surface area contributed by atoms with Gasteiger partial charge in [-0.3, -0.25) is 4.79 Å². The van der Waals surface area contributed by atoms with E-state index in [2.05, 4.69) is 10.2 Å². The molecule has 0 bridgehead atoms. The normalized spacial score (nSPS) is 12.0. The van der Waals surface area contributed by atoms with Crippen LogP contribution in [0.1, 0.15) is 17.7 Å². The molecule has 0 aliphatic heterocycles. The second kappa shape index (κ2) is 8.59. The average Bonchev–Trinajstić information content (AvgIpc) is 3.09. The Labute approximate surface area is 168 Å². The lowest BCUT2D eigenvalue weighted by atomic mass is 10.1. The van der Waals surface area contributed by atoms with Crippen molar-refractivity contribution in [3.8, 4) is 11.4 Å². The number of nitrogens with zero attached hydrogens (tertiary/aromatic N) is 4. The SMILES string of the molecule is CCn1c(SC(C(=O)N(C)C)c2ccccc2)nnc1-c1ccc(Cl)cc1. The van der Waals surface area contributed by atoms with E-state index in [1.54, 1.807) is 19.0 Å². The fourth-order valence-electron chi connectivity index (χ4n) is 2.70. The Morgan fingerprint density at radius 3 is 2.37 bits per heavy atom. The molecule has 27 heavy (non-hydrogen) atoms. The fraction of sp³-hybridized carbons (Fsp3) is 0.250.